The Kier molecular flexibility index (Phi) is 8.45. The van der Waals surface area contributed by atoms with Crippen LogP contribution in [0.3, 0.4) is 0 Å². The number of hydrogen-bond donors (Lipinski definition) is 0. The third-order valence-corrected chi connectivity index (χ3v) is 18.2. The Morgan fingerprint density at radius 3 is 1.64 bits per heavy atom. The summed E-state index contributed by atoms with van der Waals surface area (Å²) in [6.07, 6.45) is 2.29. The van der Waals surface area contributed by atoms with Gasteiger partial charge in [0, 0.05) is 0 Å². The Balaban J connectivity index is 5.18. The molecule has 0 N–H and O–H groups in total. The zero-order chi connectivity index (χ0) is 17.7. The predicted molar refractivity (Wildman–Crippen MR) is 107 cm³/mol. The molecule has 1 unspecified atom stereocenters. The van der Waals surface area contributed by atoms with Crippen molar-refractivity contribution >= 4 is 33.8 Å². The largest absolute Gasteiger partial charge is 0.433 e. The van der Waals surface area contributed by atoms with Crippen molar-refractivity contribution in [3.05, 3.63) is 24.6 Å². The molecule has 0 aromatic rings. The molecule has 0 spiro atoms. The Morgan fingerprint density at radius 2 is 1.23 bits per heavy atom. The molecule has 0 saturated carbocycles. The van der Waals surface area contributed by atoms with Crippen LogP contribution < -0.4 is 0 Å². The van der Waals surface area contributed by atoms with Crippen LogP contribution in [0.2, 0.25) is 51.9 Å². The third-order valence-electron chi connectivity index (χ3n) is 3.42. The van der Waals surface area contributed by atoms with Crippen LogP contribution in [0.4, 0.5) is 0 Å². The van der Waals surface area contributed by atoms with E-state index in [1.54, 1.807) is 0 Å². The topological polar surface area (TPSA) is 27.7 Å². The van der Waals surface area contributed by atoms with Crippen molar-refractivity contribution in [2.45, 2.75) is 71.6 Å². The molecule has 0 rings (SSSR count). The molecular weight excluding hydrogens is 341 g/mol. The lowest BCUT2D eigenvalue weighted by molar-refractivity contribution is 0.324. The molecule has 0 aliphatic heterocycles. The van der Waals surface area contributed by atoms with Gasteiger partial charge in [-0.15, -0.1) is 13.2 Å². The van der Waals surface area contributed by atoms with Gasteiger partial charge in [0.2, 0.25) is 0 Å². The average molecular weight is 377 g/mol. The highest BCUT2D eigenvalue weighted by Crippen LogP contribution is 2.28. The van der Waals surface area contributed by atoms with Crippen LogP contribution in [0.5, 0.6) is 0 Å². The van der Waals surface area contributed by atoms with Gasteiger partial charge in [0.15, 0.2) is 16.6 Å². The molecule has 7 heteroatoms. The molecule has 0 saturated heterocycles. The van der Waals surface area contributed by atoms with E-state index in [1.807, 2.05) is 11.4 Å². The normalized spacial score (nSPS) is 16.2. The van der Waals surface area contributed by atoms with Gasteiger partial charge in [0.25, 0.3) is 0 Å². The van der Waals surface area contributed by atoms with Crippen molar-refractivity contribution in [1.82, 2.24) is 0 Å². The molecule has 0 aromatic heterocycles. The molecule has 3 nitrogen and oxygen atoms in total. The van der Waals surface area contributed by atoms with Gasteiger partial charge in [-0.25, -0.2) is 0 Å². The van der Waals surface area contributed by atoms with E-state index < -0.39 is 33.8 Å². The summed E-state index contributed by atoms with van der Waals surface area (Å²) in [7, 11) is -8.23. The molecule has 0 aliphatic carbocycles. The van der Waals surface area contributed by atoms with Gasteiger partial charge >= 0.3 is 17.1 Å². The van der Waals surface area contributed by atoms with Crippen molar-refractivity contribution in [2.75, 3.05) is 0 Å². The van der Waals surface area contributed by atoms with Crippen LogP contribution >= 0.6 is 0 Å². The van der Waals surface area contributed by atoms with Gasteiger partial charge in [-0.3, -0.25) is 0 Å². The summed E-state index contributed by atoms with van der Waals surface area (Å²) in [5.74, 6) is 0. The van der Waals surface area contributed by atoms with Crippen molar-refractivity contribution in [3.63, 3.8) is 0 Å². The summed E-state index contributed by atoms with van der Waals surface area (Å²) in [6, 6.07) is 1.02. The van der Waals surface area contributed by atoms with Crippen molar-refractivity contribution in [1.29, 1.82) is 0 Å². The second-order valence-corrected chi connectivity index (χ2v) is 22.8. The Labute approximate surface area is 142 Å². The van der Waals surface area contributed by atoms with Crippen molar-refractivity contribution in [2.24, 2.45) is 0 Å². The highest BCUT2D eigenvalue weighted by molar-refractivity contribution is 6.91. The third kappa shape index (κ3) is 8.75. The molecular formula is C15H36O3Si4. The summed E-state index contributed by atoms with van der Waals surface area (Å²) >= 11 is 0. The van der Waals surface area contributed by atoms with E-state index in [0.717, 1.165) is 18.9 Å². The molecule has 0 amide bonds. The molecule has 0 radical (unpaired) electrons. The van der Waals surface area contributed by atoms with Crippen LogP contribution in [0.1, 0.15) is 19.8 Å². The zero-order valence-corrected chi connectivity index (χ0v) is 19.9. The van der Waals surface area contributed by atoms with Gasteiger partial charge in [-0.1, -0.05) is 31.2 Å². The molecule has 0 bridgehead atoms. The Bertz CT molecular complexity index is 383. The van der Waals surface area contributed by atoms with Crippen LogP contribution in [0, 0.1) is 0 Å². The molecule has 0 fully saturated rings. The summed E-state index contributed by atoms with van der Waals surface area (Å²) in [6.45, 7) is 25.2. The lowest BCUT2D eigenvalue weighted by atomic mass is 10.4. The first kappa shape index (κ1) is 22.2. The monoisotopic (exact) mass is 376 g/mol. The van der Waals surface area contributed by atoms with Gasteiger partial charge in [0.1, 0.15) is 0 Å². The van der Waals surface area contributed by atoms with E-state index in [0.29, 0.717) is 0 Å². The minimum absolute atomic E-state index is 1.02. The Morgan fingerprint density at radius 1 is 0.773 bits per heavy atom. The quantitative estimate of drug-likeness (QED) is 0.447. The predicted octanol–water partition coefficient (Wildman–Crippen LogP) is 5.47. The first-order valence-corrected chi connectivity index (χ1v) is 19.5. The Hall–Kier alpha value is 0.228. The van der Waals surface area contributed by atoms with E-state index in [9.17, 15) is 0 Å². The number of rotatable bonds is 11. The van der Waals surface area contributed by atoms with E-state index in [4.69, 9.17) is 12.3 Å². The maximum Gasteiger partial charge on any atom is 0.316 e. The first-order valence-electron chi connectivity index (χ1n) is 8.18. The van der Waals surface area contributed by atoms with Crippen LogP contribution in [0.15, 0.2) is 24.6 Å². The number of hydrogen-bond acceptors (Lipinski definition) is 3. The van der Waals surface area contributed by atoms with E-state index in [-0.39, 0.29) is 0 Å². The second kappa shape index (κ2) is 8.36. The molecule has 0 heterocycles. The van der Waals surface area contributed by atoms with E-state index in [2.05, 4.69) is 65.9 Å². The maximum absolute atomic E-state index is 6.61. The fourth-order valence-electron chi connectivity index (χ4n) is 2.43. The van der Waals surface area contributed by atoms with Crippen molar-refractivity contribution in [3.8, 4) is 0 Å². The minimum Gasteiger partial charge on any atom is -0.433 e. The number of unbranched alkanes of at least 4 members (excludes halogenated alkanes) is 1. The molecule has 22 heavy (non-hydrogen) atoms. The van der Waals surface area contributed by atoms with E-state index >= 15 is 0 Å². The van der Waals surface area contributed by atoms with Gasteiger partial charge < -0.3 is 12.3 Å². The summed E-state index contributed by atoms with van der Waals surface area (Å²) < 4.78 is 19.5. The molecule has 1 atom stereocenters. The SMILES string of the molecule is C=C[Si](C)(C)O[Si](C)(C)O[Si](C)(CCCC)O[Si](C)(C)C=C. The fourth-order valence-corrected chi connectivity index (χ4v) is 19.7. The van der Waals surface area contributed by atoms with Gasteiger partial charge in [-0.2, -0.15) is 0 Å². The lowest BCUT2D eigenvalue weighted by Gasteiger charge is -2.41. The van der Waals surface area contributed by atoms with Crippen LogP contribution in [-0.2, 0) is 12.3 Å². The van der Waals surface area contributed by atoms with Gasteiger partial charge in [0.05, 0.1) is 0 Å². The fraction of sp³-hybridized carbons (Fsp3) is 0.733. The molecule has 0 aromatic carbocycles. The van der Waals surface area contributed by atoms with Crippen LogP contribution in [-0.4, -0.2) is 33.8 Å². The van der Waals surface area contributed by atoms with E-state index in [1.165, 1.54) is 0 Å². The summed E-state index contributed by atoms with van der Waals surface area (Å²) in [5.41, 5.74) is 3.96. The lowest BCUT2D eigenvalue weighted by Crippen LogP contribution is -2.57. The van der Waals surface area contributed by atoms with Crippen LogP contribution in [0.25, 0.3) is 0 Å². The molecule has 130 valence electrons. The standard InChI is InChI=1S/C15H36O3Si4/c1-11-14-15-22(10,17-20(6,7)13-3)18-21(8,9)16-19(4,5)12-2/h12-13H,2-3,11,14-15H2,1,4-10H3. The zero-order valence-electron chi connectivity index (χ0n) is 15.9. The average Bonchev–Trinajstić information content (AvgIpc) is 2.33. The highest BCUT2D eigenvalue weighted by Gasteiger charge is 2.44. The minimum atomic E-state index is -2.26. The van der Waals surface area contributed by atoms with Crippen molar-refractivity contribution < 1.29 is 12.3 Å². The summed E-state index contributed by atoms with van der Waals surface area (Å²) in [5, 5.41) is 0. The van der Waals surface area contributed by atoms with Gasteiger partial charge in [-0.05, 0) is 51.9 Å². The molecule has 0 aliphatic rings. The first-order chi connectivity index (χ1) is 9.80. The summed E-state index contributed by atoms with van der Waals surface area (Å²) in [4.78, 5) is 0. The second-order valence-electron chi connectivity index (χ2n) is 7.56. The maximum atomic E-state index is 6.61. The highest BCUT2D eigenvalue weighted by atomic mass is 28.5. The smallest absolute Gasteiger partial charge is 0.316 e.